The van der Waals surface area contributed by atoms with Gasteiger partial charge in [0, 0.05) is 49.2 Å². The molecule has 2 N–H and O–H groups in total. The lowest BCUT2D eigenvalue weighted by Crippen LogP contribution is -2.45. The Balaban J connectivity index is 1.48. The van der Waals surface area contributed by atoms with E-state index in [1.54, 1.807) is 0 Å². The van der Waals surface area contributed by atoms with Crippen LogP contribution in [0.15, 0.2) is 46.8 Å². The predicted molar refractivity (Wildman–Crippen MR) is 109 cm³/mol. The molecule has 134 valence electrons. The molecule has 2 aromatic rings. The number of aryl methyl sites for hydroxylation is 1. The highest BCUT2D eigenvalue weighted by molar-refractivity contribution is 7.10. The van der Waals surface area contributed by atoms with Gasteiger partial charge in [0.15, 0.2) is 5.96 Å². The van der Waals surface area contributed by atoms with Gasteiger partial charge in [0.2, 0.25) is 0 Å². The smallest absolute Gasteiger partial charge is 0.191 e. The monoisotopic (exact) mass is 356 g/mol. The third-order valence-corrected chi connectivity index (χ3v) is 5.86. The zero-order valence-corrected chi connectivity index (χ0v) is 16.1. The van der Waals surface area contributed by atoms with Crippen LogP contribution >= 0.6 is 11.3 Å². The molecule has 0 bridgehead atoms. The molecule has 1 fully saturated rings. The lowest BCUT2D eigenvalue weighted by atomic mass is 10.1. The van der Waals surface area contributed by atoms with Crippen molar-refractivity contribution in [1.82, 2.24) is 10.6 Å². The number of nitrogens with zero attached hydrogens (tertiary/aromatic N) is 2. The summed E-state index contributed by atoms with van der Waals surface area (Å²) in [4.78, 5) is 8.25. The van der Waals surface area contributed by atoms with Gasteiger partial charge in [0.25, 0.3) is 0 Å². The zero-order valence-electron chi connectivity index (χ0n) is 15.3. The average molecular weight is 357 g/mol. The number of guanidine groups is 1. The summed E-state index contributed by atoms with van der Waals surface area (Å²) in [7, 11) is 1.85. The zero-order chi connectivity index (χ0) is 17.6. The van der Waals surface area contributed by atoms with E-state index in [1.807, 2.05) is 18.4 Å². The van der Waals surface area contributed by atoms with Crippen LogP contribution in [0, 0.1) is 6.92 Å². The molecular weight excluding hydrogens is 328 g/mol. The van der Waals surface area contributed by atoms with Gasteiger partial charge in [-0.3, -0.25) is 4.99 Å². The SMILES string of the molecule is CN=C(NCC(C)c1cccs1)NC1CCN(c2ccc(C)cc2)C1. The molecule has 1 aliphatic rings. The first kappa shape index (κ1) is 17.8. The van der Waals surface area contributed by atoms with Crippen LogP contribution in [0.4, 0.5) is 5.69 Å². The average Bonchev–Trinajstić information content (AvgIpc) is 3.31. The van der Waals surface area contributed by atoms with Crippen LogP contribution in [0.2, 0.25) is 0 Å². The van der Waals surface area contributed by atoms with Crippen molar-refractivity contribution >= 4 is 23.0 Å². The molecule has 2 atom stereocenters. The lowest BCUT2D eigenvalue weighted by molar-refractivity contribution is 0.636. The first-order valence-electron chi connectivity index (χ1n) is 8.98. The molecule has 5 heteroatoms. The summed E-state index contributed by atoms with van der Waals surface area (Å²) in [6, 6.07) is 13.5. The van der Waals surface area contributed by atoms with E-state index < -0.39 is 0 Å². The molecule has 3 rings (SSSR count). The molecule has 0 aliphatic carbocycles. The summed E-state index contributed by atoms with van der Waals surface area (Å²) >= 11 is 1.82. The molecule has 0 saturated carbocycles. The minimum atomic E-state index is 0.435. The van der Waals surface area contributed by atoms with Gasteiger partial charge in [0.1, 0.15) is 0 Å². The highest BCUT2D eigenvalue weighted by atomic mass is 32.1. The van der Waals surface area contributed by atoms with E-state index in [4.69, 9.17) is 0 Å². The molecule has 1 saturated heterocycles. The number of anilines is 1. The van der Waals surface area contributed by atoms with E-state index in [2.05, 4.69) is 76.2 Å². The Morgan fingerprint density at radius 3 is 2.80 bits per heavy atom. The van der Waals surface area contributed by atoms with Gasteiger partial charge in [-0.2, -0.15) is 0 Å². The van der Waals surface area contributed by atoms with E-state index in [1.165, 1.54) is 16.1 Å². The molecular formula is C20H28N4S. The van der Waals surface area contributed by atoms with Crippen molar-refractivity contribution in [2.75, 3.05) is 31.6 Å². The fourth-order valence-corrected chi connectivity index (χ4v) is 3.97. The van der Waals surface area contributed by atoms with Crippen LogP contribution in [0.5, 0.6) is 0 Å². The molecule has 0 radical (unpaired) electrons. The van der Waals surface area contributed by atoms with Gasteiger partial charge in [0.05, 0.1) is 0 Å². The van der Waals surface area contributed by atoms with E-state index >= 15 is 0 Å². The fraction of sp³-hybridized carbons (Fsp3) is 0.450. The van der Waals surface area contributed by atoms with Crippen LogP contribution in [-0.2, 0) is 0 Å². The molecule has 2 unspecified atom stereocenters. The van der Waals surface area contributed by atoms with Crippen LogP contribution in [0.3, 0.4) is 0 Å². The minimum Gasteiger partial charge on any atom is -0.369 e. The third kappa shape index (κ3) is 4.75. The van der Waals surface area contributed by atoms with Crippen molar-refractivity contribution < 1.29 is 0 Å². The quantitative estimate of drug-likeness (QED) is 0.635. The van der Waals surface area contributed by atoms with Crippen LogP contribution < -0.4 is 15.5 Å². The largest absolute Gasteiger partial charge is 0.369 e. The van der Waals surface area contributed by atoms with Gasteiger partial charge in [-0.25, -0.2) is 0 Å². The number of aliphatic imine (C=N–C) groups is 1. The Morgan fingerprint density at radius 1 is 1.32 bits per heavy atom. The maximum atomic E-state index is 4.39. The molecule has 2 heterocycles. The van der Waals surface area contributed by atoms with Gasteiger partial charge in [-0.1, -0.05) is 30.7 Å². The third-order valence-electron chi connectivity index (χ3n) is 4.76. The van der Waals surface area contributed by atoms with Crippen molar-refractivity contribution in [1.29, 1.82) is 0 Å². The molecule has 1 aromatic carbocycles. The van der Waals surface area contributed by atoms with Crippen molar-refractivity contribution in [3.05, 3.63) is 52.2 Å². The number of nitrogens with one attached hydrogen (secondary N) is 2. The van der Waals surface area contributed by atoms with E-state index in [9.17, 15) is 0 Å². The second-order valence-corrected chi connectivity index (χ2v) is 7.76. The van der Waals surface area contributed by atoms with Crippen molar-refractivity contribution in [3.8, 4) is 0 Å². The lowest BCUT2D eigenvalue weighted by Gasteiger charge is -2.21. The predicted octanol–water partition coefficient (Wildman–Crippen LogP) is 3.60. The molecule has 4 nitrogen and oxygen atoms in total. The summed E-state index contributed by atoms with van der Waals surface area (Å²) in [5.41, 5.74) is 2.62. The van der Waals surface area contributed by atoms with Crippen molar-refractivity contribution in [2.24, 2.45) is 4.99 Å². The summed E-state index contributed by atoms with van der Waals surface area (Å²) in [5.74, 6) is 1.39. The van der Waals surface area contributed by atoms with Gasteiger partial charge < -0.3 is 15.5 Å². The van der Waals surface area contributed by atoms with Crippen LogP contribution in [0.1, 0.15) is 29.7 Å². The van der Waals surface area contributed by atoms with Gasteiger partial charge >= 0.3 is 0 Å². The number of hydrogen-bond acceptors (Lipinski definition) is 3. The topological polar surface area (TPSA) is 39.7 Å². The maximum Gasteiger partial charge on any atom is 0.191 e. The minimum absolute atomic E-state index is 0.435. The Bertz CT molecular complexity index is 678. The Morgan fingerprint density at radius 2 is 2.12 bits per heavy atom. The molecule has 0 amide bonds. The molecule has 25 heavy (non-hydrogen) atoms. The number of rotatable bonds is 5. The van der Waals surface area contributed by atoms with E-state index in [0.29, 0.717) is 12.0 Å². The van der Waals surface area contributed by atoms with Crippen LogP contribution in [-0.4, -0.2) is 38.7 Å². The van der Waals surface area contributed by atoms with Crippen molar-refractivity contribution in [2.45, 2.75) is 32.2 Å². The molecule has 1 aromatic heterocycles. The first-order valence-corrected chi connectivity index (χ1v) is 9.86. The number of hydrogen-bond donors (Lipinski definition) is 2. The Kier molecular flexibility index (Phi) is 5.97. The second kappa shape index (κ2) is 8.39. The summed E-state index contributed by atoms with van der Waals surface area (Å²) in [6.07, 6.45) is 1.13. The van der Waals surface area contributed by atoms with E-state index in [-0.39, 0.29) is 0 Å². The van der Waals surface area contributed by atoms with Gasteiger partial charge in [-0.15, -0.1) is 11.3 Å². The molecule has 1 aliphatic heterocycles. The first-order chi connectivity index (χ1) is 12.2. The Hall–Kier alpha value is -2.01. The van der Waals surface area contributed by atoms with Crippen molar-refractivity contribution in [3.63, 3.8) is 0 Å². The number of thiophene rings is 1. The van der Waals surface area contributed by atoms with Crippen LogP contribution in [0.25, 0.3) is 0 Å². The van der Waals surface area contributed by atoms with Gasteiger partial charge in [-0.05, 0) is 36.9 Å². The summed E-state index contributed by atoms with van der Waals surface area (Å²) in [6.45, 7) is 7.38. The fourth-order valence-electron chi connectivity index (χ4n) is 3.18. The highest BCUT2D eigenvalue weighted by Crippen LogP contribution is 2.21. The second-order valence-electron chi connectivity index (χ2n) is 6.78. The highest BCUT2D eigenvalue weighted by Gasteiger charge is 2.23. The normalized spacial score (nSPS) is 19.1. The molecule has 0 spiro atoms. The van der Waals surface area contributed by atoms with E-state index in [0.717, 1.165) is 32.0 Å². The summed E-state index contributed by atoms with van der Waals surface area (Å²) < 4.78 is 0. The maximum absolute atomic E-state index is 4.39. The summed E-state index contributed by atoms with van der Waals surface area (Å²) in [5, 5.41) is 9.19. The number of benzene rings is 1. The standard InChI is InChI=1S/C20H28N4S/c1-15-6-8-18(9-7-15)24-11-10-17(14-24)23-20(21-3)22-13-16(2)19-5-4-12-25-19/h4-9,12,16-17H,10-11,13-14H2,1-3H3,(H2,21,22,23). The Labute approximate surface area is 155 Å².